The molecule has 4 aromatic rings. The highest BCUT2D eigenvalue weighted by atomic mass is 16.5. The van der Waals surface area contributed by atoms with Gasteiger partial charge >= 0.3 is 6.03 Å². The quantitative estimate of drug-likeness (QED) is 0.521. The number of fused-ring (bicyclic) bond motifs is 1. The first-order chi connectivity index (χ1) is 13.7. The molecule has 2 N–H and O–H groups in total. The second kappa shape index (κ2) is 7.83. The van der Waals surface area contributed by atoms with Gasteiger partial charge in [-0.15, -0.1) is 0 Å². The lowest BCUT2D eigenvalue weighted by molar-refractivity contribution is 0.250. The first kappa shape index (κ1) is 17.6. The minimum atomic E-state index is -0.429. The van der Waals surface area contributed by atoms with Gasteiger partial charge in [-0.25, -0.2) is 4.79 Å². The Morgan fingerprint density at radius 1 is 1.07 bits per heavy atom. The minimum absolute atomic E-state index is 0.225. The van der Waals surface area contributed by atoms with Gasteiger partial charge in [-0.1, -0.05) is 22.4 Å². The van der Waals surface area contributed by atoms with Gasteiger partial charge < -0.3 is 19.1 Å². The van der Waals surface area contributed by atoms with Crippen molar-refractivity contribution in [3.63, 3.8) is 0 Å². The van der Waals surface area contributed by atoms with Crippen LogP contribution in [-0.2, 0) is 6.54 Å². The van der Waals surface area contributed by atoms with Crippen molar-refractivity contribution in [3.8, 4) is 17.0 Å². The molecule has 8 nitrogen and oxygen atoms in total. The van der Waals surface area contributed by atoms with Gasteiger partial charge in [0, 0.05) is 17.0 Å². The smallest absolute Gasteiger partial charge is 0.321 e. The van der Waals surface area contributed by atoms with E-state index in [2.05, 4.69) is 20.9 Å². The molecule has 0 radical (unpaired) electrons. The molecule has 4 rings (SSSR count). The molecular formula is C20H18N4O4. The number of amides is 2. The molecule has 0 saturated carbocycles. The van der Waals surface area contributed by atoms with Crippen molar-refractivity contribution in [1.82, 2.24) is 15.6 Å². The first-order valence-corrected chi connectivity index (χ1v) is 8.81. The van der Waals surface area contributed by atoms with Crippen LogP contribution in [0.1, 0.15) is 12.6 Å². The van der Waals surface area contributed by atoms with Crippen LogP contribution in [0.3, 0.4) is 0 Å². The van der Waals surface area contributed by atoms with Gasteiger partial charge in [0.2, 0.25) is 5.88 Å². The summed E-state index contributed by atoms with van der Waals surface area (Å²) in [7, 11) is 0. The Morgan fingerprint density at radius 2 is 1.89 bits per heavy atom. The van der Waals surface area contributed by atoms with Gasteiger partial charge in [-0.3, -0.25) is 5.32 Å². The standard InChI is InChI=1S/C20H18N4O4/c1-2-26-14-9-7-13(8-10-14)16-11-19(28-23-16)22-20(25)21-12-17-15-5-3-4-6-18(15)27-24-17/h3-11H,2,12H2,1H3,(H2,21,22,25). The molecule has 2 heterocycles. The third-order valence-corrected chi connectivity index (χ3v) is 4.08. The van der Waals surface area contributed by atoms with Crippen LogP contribution in [0.25, 0.3) is 22.2 Å². The van der Waals surface area contributed by atoms with Crippen molar-refractivity contribution < 1.29 is 18.6 Å². The van der Waals surface area contributed by atoms with E-state index < -0.39 is 6.03 Å². The van der Waals surface area contributed by atoms with Crippen molar-refractivity contribution in [2.24, 2.45) is 0 Å². The van der Waals surface area contributed by atoms with Gasteiger partial charge in [0.15, 0.2) is 5.58 Å². The molecule has 0 aliphatic carbocycles. The fraction of sp³-hybridized carbons (Fsp3) is 0.150. The normalized spacial score (nSPS) is 10.8. The maximum absolute atomic E-state index is 12.1. The number of hydrogen-bond donors (Lipinski definition) is 2. The van der Waals surface area contributed by atoms with Crippen LogP contribution in [0.2, 0.25) is 0 Å². The van der Waals surface area contributed by atoms with Crippen LogP contribution in [0.4, 0.5) is 10.7 Å². The Morgan fingerprint density at radius 3 is 2.71 bits per heavy atom. The van der Waals surface area contributed by atoms with Crippen molar-refractivity contribution in [2.75, 3.05) is 11.9 Å². The summed E-state index contributed by atoms with van der Waals surface area (Å²) in [6, 6.07) is 16.2. The van der Waals surface area contributed by atoms with E-state index in [1.165, 1.54) is 0 Å². The number of carbonyl (C=O) groups excluding carboxylic acids is 1. The summed E-state index contributed by atoms with van der Waals surface area (Å²) < 4.78 is 15.8. The lowest BCUT2D eigenvalue weighted by atomic mass is 10.1. The molecule has 0 aliphatic rings. The highest BCUT2D eigenvalue weighted by Crippen LogP contribution is 2.24. The van der Waals surface area contributed by atoms with Gasteiger partial charge in [-0.05, 0) is 43.3 Å². The summed E-state index contributed by atoms with van der Waals surface area (Å²) in [4.78, 5) is 12.1. The van der Waals surface area contributed by atoms with Gasteiger partial charge in [0.05, 0.1) is 13.2 Å². The second-order valence-corrected chi connectivity index (χ2v) is 5.97. The first-order valence-electron chi connectivity index (χ1n) is 8.81. The monoisotopic (exact) mass is 378 g/mol. The number of benzene rings is 2. The van der Waals surface area contributed by atoms with Crippen LogP contribution in [-0.4, -0.2) is 23.0 Å². The fourth-order valence-electron chi connectivity index (χ4n) is 2.74. The number of para-hydroxylation sites is 1. The minimum Gasteiger partial charge on any atom is -0.494 e. The molecule has 2 amide bonds. The molecule has 2 aromatic heterocycles. The maximum atomic E-state index is 12.1. The average molecular weight is 378 g/mol. The maximum Gasteiger partial charge on any atom is 0.321 e. The summed E-state index contributed by atoms with van der Waals surface area (Å²) >= 11 is 0. The number of anilines is 1. The highest BCUT2D eigenvalue weighted by Gasteiger charge is 2.12. The predicted octanol–water partition coefficient (Wildman–Crippen LogP) is 4.20. The zero-order chi connectivity index (χ0) is 19.3. The van der Waals surface area contributed by atoms with Crippen molar-refractivity contribution in [1.29, 1.82) is 0 Å². The number of nitrogens with zero attached hydrogens (tertiary/aromatic N) is 2. The predicted molar refractivity (Wildman–Crippen MR) is 103 cm³/mol. The number of ether oxygens (including phenoxy) is 1. The van der Waals surface area contributed by atoms with E-state index in [1.807, 2.05) is 55.5 Å². The number of hydrogen-bond acceptors (Lipinski definition) is 6. The molecule has 0 bridgehead atoms. The topological polar surface area (TPSA) is 102 Å². The molecule has 0 saturated heterocycles. The molecule has 0 fully saturated rings. The molecule has 0 aliphatic heterocycles. The van der Waals surface area contributed by atoms with Crippen LogP contribution in [0, 0.1) is 0 Å². The molecule has 2 aromatic carbocycles. The van der Waals surface area contributed by atoms with Gasteiger partial charge in [0.25, 0.3) is 0 Å². The Labute approximate surface area is 160 Å². The number of urea groups is 1. The Kier molecular flexibility index (Phi) is 4.92. The van der Waals surface area contributed by atoms with E-state index in [0.717, 1.165) is 16.7 Å². The number of nitrogens with one attached hydrogen (secondary N) is 2. The number of carbonyl (C=O) groups is 1. The zero-order valence-electron chi connectivity index (χ0n) is 15.1. The lowest BCUT2D eigenvalue weighted by Gasteiger charge is -2.03. The summed E-state index contributed by atoms with van der Waals surface area (Å²) in [5.74, 6) is 1.03. The molecule has 28 heavy (non-hydrogen) atoms. The number of rotatable bonds is 6. The van der Waals surface area contributed by atoms with Crippen molar-refractivity contribution in [3.05, 3.63) is 60.3 Å². The van der Waals surface area contributed by atoms with E-state index in [-0.39, 0.29) is 12.4 Å². The lowest BCUT2D eigenvalue weighted by Crippen LogP contribution is -2.28. The summed E-state index contributed by atoms with van der Waals surface area (Å²) in [5, 5.41) is 14.1. The van der Waals surface area contributed by atoms with E-state index >= 15 is 0 Å². The largest absolute Gasteiger partial charge is 0.494 e. The third-order valence-electron chi connectivity index (χ3n) is 4.08. The molecule has 142 valence electrons. The molecule has 0 spiro atoms. The average Bonchev–Trinajstić information content (AvgIpc) is 3.34. The third kappa shape index (κ3) is 3.80. The van der Waals surface area contributed by atoms with Crippen LogP contribution in [0.5, 0.6) is 5.75 Å². The fourth-order valence-corrected chi connectivity index (χ4v) is 2.74. The van der Waals surface area contributed by atoms with E-state index in [0.29, 0.717) is 23.6 Å². The van der Waals surface area contributed by atoms with E-state index in [4.69, 9.17) is 13.8 Å². The van der Waals surface area contributed by atoms with Crippen molar-refractivity contribution >= 4 is 22.9 Å². The number of aromatic nitrogens is 2. The Hall–Kier alpha value is -3.81. The van der Waals surface area contributed by atoms with Crippen molar-refractivity contribution in [2.45, 2.75) is 13.5 Å². The van der Waals surface area contributed by atoms with Crippen LogP contribution < -0.4 is 15.4 Å². The van der Waals surface area contributed by atoms with E-state index in [9.17, 15) is 4.79 Å². The Bertz CT molecular complexity index is 1080. The van der Waals surface area contributed by atoms with Crippen LogP contribution >= 0.6 is 0 Å². The molecule has 0 unspecified atom stereocenters. The summed E-state index contributed by atoms with van der Waals surface area (Å²) in [6.07, 6.45) is 0. The van der Waals surface area contributed by atoms with Crippen LogP contribution in [0.15, 0.2) is 63.6 Å². The molecular weight excluding hydrogens is 360 g/mol. The molecule has 8 heteroatoms. The van der Waals surface area contributed by atoms with Gasteiger partial charge in [0.1, 0.15) is 17.1 Å². The molecule has 0 atom stereocenters. The zero-order valence-corrected chi connectivity index (χ0v) is 15.1. The van der Waals surface area contributed by atoms with E-state index in [1.54, 1.807) is 6.07 Å². The SMILES string of the molecule is CCOc1ccc(-c2cc(NC(=O)NCc3noc4ccccc34)on2)cc1. The summed E-state index contributed by atoms with van der Waals surface area (Å²) in [6.45, 7) is 2.76. The highest BCUT2D eigenvalue weighted by molar-refractivity contribution is 5.88. The summed E-state index contributed by atoms with van der Waals surface area (Å²) in [5.41, 5.74) is 2.80. The second-order valence-electron chi connectivity index (χ2n) is 5.97. The van der Waals surface area contributed by atoms with Gasteiger partial charge in [-0.2, -0.15) is 0 Å². The Balaban J connectivity index is 1.36.